The molecule has 1 atom stereocenters. The molecule has 3 aromatic rings. The first kappa shape index (κ1) is 19.7. The molecule has 1 unspecified atom stereocenters. The summed E-state index contributed by atoms with van der Waals surface area (Å²) in [5.41, 5.74) is 4.90. The second kappa shape index (κ2) is 8.75. The third-order valence-corrected chi connectivity index (χ3v) is 4.91. The van der Waals surface area contributed by atoms with Crippen molar-refractivity contribution in [3.8, 4) is 5.69 Å². The van der Waals surface area contributed by atoms with Gasteiger partial charge in [-0.05, 0) is 72.8 Å². The van der Waals surface area contributed by atoms with Crippen molar-refractivity contribution in [2.24, 2.45) is 0 Å². The van der Waals surface area contributed by atoms with Crippen LogP contribution in [0.3, 0.4) is 0 Å². The van der Waals surface area contributed by atoms with E-state index in [1.807, 2.05) is 33.2 Å². The number of nitrogens with zero attached hydrogens (tertiary/aromatic N) is 5. The van der Waals surface area contributed by atoms with Gasteiger partial charge in [0.2, 0.25) is 0 Å². The Morgan fingerprint density at radius 3 is 2.50 bits per heavy atom. The van der Waals surface area contributed by atoms with Crippen molar-refractivity contribution in [1.29, 1.82) is 0 Å². The predicted octanol–water partition coefficient (Wildman–Crippen LogP) is 2.57. The molecule has 146 valence electrons. The lowest BCUT2D eigenvalue weighted by Crippen LogP contribution is -2.34. The maximum Gasteiger partial charge on any atom is 0.251 e. The van der Waals surface area contributed by atoms with E-state index in [1.165, 1.54) is 17.5 Å². The quantitative estimate of drug-likeness (QED) is 0.684. The summed E-state index contributed by atoms with van der Waals surface area (Å²) >= 11 is 0. The predicted molar refractivity (Wildman–Crippen MR) is 108 cm³/mol. The summed E-state index contributed by atoms with van der Waals surface area (Å²) in [4.78, 5) is 14.8. The molecule has 0 aliphatic rings. The number of carbonyl (C=O) groups excluding carboxylic acids is 1. The lowest BCUT2D eigenvalue weighted by molar-refractivity contribution is 0.0942. The number of aromatic nitrogens is 4. The van der Waals surface area contributed by atoms with E-state index >= 15 is 0 Å². The fourth-order valence-corrected chi connectivity index (χ4v) is 3.19. The highest BCUT2D eigenvalue weighted by atomic mass is 16.1. The van der Waals surface area contributed by atoms with Gasteiger partial charge in [0.05, 0.1) is 11.7 Å². The minimum absolute atomic E-state index is 0.0941. The van der Waals surface area contributed by atoms with Crippen molar-refractivity contribution in [2.45, 2.75) is 26.3 Å². The van der Waals surface area contributed by atoms with E-state index in [0.717, 1.165) is 17.7 Å². The zero-order valence-corrected chi connectivity index (χ0v) is 16.8. The third kappa shape index (κ3) is 4.43. The molecule has 1 aromatic heterocycles. The number of hydrogen-bond acceptors (Lipinski definition) is 5. The van der Waals surface area contributed by atoms with Crippen molar-refractivity contribution in [1.82, 2.24) is 30.4 Å². The molecule has 1 heterocycles. The number of aryl methyl sites for hydroxylation is 2. The number of amides is 1. The first-order chi connectivity index (χ1) is 13.5. The normalized spacial score (nSPS) is 12.2. The molecule has 0 saturated heterocycles. The smallest absolute Gasteiger partial charge is 0.251 e. The van der Waals surface area contributed by atoms with Crippen molar-refractivity contribution < 1.29 is 4.79 Å². The molecular weight excluding hydrogens is 352 g/mol. The molecule has 3 rings (SSSR count). The van der Waals surface area contributed by atoms with Gasteiger partial charge in [-0.15, -0.1) is 5.10 Å². The van der Waals surface area contributed by atoms with E-state index in [9.17, 15) is 4.79 Å². The average molecular weight is 378 g/mol. The molecule has 0 radical (unpaired) electrons. The number of hydrogen-bond donors (Lipinski definition) is 1. The number of carbonyl (C=O) groups is 1. The molecule has 0 saturated carbocycles. The van der Waals surface area contributed by atoms with Gasteiger partial charge in [0.1, 0.15) is 6.33 Å². The number of benzene rings is 2. The third-order valence-electron chi connectivity index (χ3n) is 4.91. The van der Waals surface area contributed by atoms with E-state index in [4.69, 9.17) is 0 Å². The van der Waals surface area contributed by atoms with Crippen LogP contribution in [0, 0.1) is 6.92 Å². The maximum absolute atomic E-state index is 12.7. The summed E-state index contributed by atoms with van der Waals surface area (Å²) in [5, 5.41) is 14.3. The summed E-state index contributed by atoms with van der Waals surface area (Å²) in [6, 6.07) is 14.2. The van der Waals surface area contributed by atoms with Crippen LogP contribution in [0.15, 0.2) is 48.8 Å². The van der Waals surface area contributed by atoms with Crippen LogP contribution in [0.1, 0.15) is 40.0 Å². The Hall–Kier alpha value is -3.06. The lowest BCUT2D eigenvalue weighted by atomic mass is 10.0. The lowest BCUT2D eigenvalue weighted by Gasteiger charge is -2.25. The minimum atomic E-state index is -0.0941. The van der Waals surface area contributed by atoms with E-state index in [0.29, 0.717) is 12.1 Å². The Kier molecular flexibility index (Phi) is 6.16. The number of rotatable bonds is 7. The van der Waals surface area contributed by atoms with Gasteiger partial charge in [-0.1, -0.05) is 31.2 Å². The Morgan fingerprint density at radius 1 is 1.18 bits per heavy atom. The van der Waals surface area contributed by atoms with Crippen molar-refractivity contribution in [3.63, 3.8) is 0 Å². The van der Waals surface area contributed by atoms with Crippen LogP contribution in [-0.4, -0.2) is 51.7 Å². The molecule has 0 bridgehead atoms. The van der Waals surface area contributed by atoms with Crippen LogP contribution in [-0.2, 0) is 6.42 Å². The zero-order chi connectivity index (χ0) is 20.1. The molecule has 1 N–H and O–H groups in total. The van der Waals surface area contributed by atoms with Crippen LogP contribution in [0.5, 0.6) is 0 Å². The molecular formula is C21H26N6O. The van der Waals surface area contributed by atoms with Gasteiger partial charge in [0, 0.05) is 12.1 Å². The molecule has 0 aliphatic heterocycles. The second-order valence-corrected chi connectivity index (χ2v) is 7.04. The van der Waals surface area contributed by atoms with Crippen LogP contribution in [0.25, 0.3) is 5.69 Å². The van der Waals surface area contributed by atoms with Gasteiger partial charge >= 0.3 is 0 Å². The first-order valence-corrected chi connectivity index (χ1v) is 9.37. The molecule has 28 heavy (non-hydrogen) atoms. The molecule has 7 heteroatoms. The highest BCUT2D eigenvalue weighted by Gasteiger charge is 2.16. The van der Waals surface area contributed by atoms with Gasteiger partial charge in [0.25, 0.3) is 5.91 Å². The van der Waals surface area contributed by atoms with Gasteiger partial charge in [-0.2, -0.15) is 0 Å². The van der Waals surface area contributed by atoms with E-state index in [-0.39, 0.29) is 11.9 Å². The summed E-state index contributed by atoms with van der Waals surface area (Å²) in [6.45, 7) is 4.61. The summed E-state index contributed by atoms with van der Waals surface area (Å²) in [6.07, 6.45) is 2.55. The Balaban J connectivity index is 1.70. The van der Waals surface area contributed by atoms with Crippen LogP contribution in [0.4, 0.5) is 0 Å². The molecule has 1 amide bonds. The largest absolute Gasteiger partial charge is 0.350 e. The molecule has 0 spiro atoms. The Bertz CT molecular complexity index is 919. The summed E-state index contributed by atoms with van der Waals surface area (Å²) in [7, 11) is 4.05. The highest BCUT2D eigenvalue weighted by molar-refractivity contribution is 5.94. The van der Waals surface area contributed by atoms with Crippen molar-refractivity contribution >= 4 is 5.91 Å². The summed E-state index contributed by atoms with van der Waals surface area (Å²) in [5.74, 6) is -0.0941. The second-order valence-electron chi connectivity index (χ2n) is 7.04. The fourth-order valence-electron chi connectivity index (χ4n) is 3.19. The number of tetrazole rings is 1. The topological polar surface area (TPSA) is 75.9 Å². The number of nitrogens with one attached hydrogen (secondary N) is 1. The monoisotopic (exact) mass is 378 g/mol. The molecule has 2 aromatic carbocycles. The minimum Gasteiger partial charge on any atom is -0.350 e. The van der Waals surface area contributed by atoms with Crippen LogP contribution in [0.2, 0.25) is 0 Å². The van der Waals surface area contributed by atoms with Crippen LogP contribution < -0.4 is 5.32 Å². The van der Waals surface area contributed by atoms with Crippen molar-refractivity contribution in [3.05, 3.63) is 71.0 Å². The standard InChI is InChI=1S/C21H26N6O/c1-5-16-6-8-17(9-7-16)20(26(3)4)13-22-21(28)18-10-11-19(15(2)12-18)27-14-23-24-25-27/h6-12,14,20H,5,13H2,1-4H3,(H,22,28). The highest BCUT2D eigenvalue weighted by Crippen LogP contribution is 2.19. The van der Waals surface area contributed by atoms with Gasteiger partial charge in [-0.3, -0.25) is 4.79 Å². The zero-order valence-electron chi connectivity index (χ0n) is 16.8. The van der Waals surface area contributed by atoms with Gasteiger partial charge < -0.3 is 10.2 Å². The average Bonchev–Trinajstić information content (AvgIpc) is 3.22. The van der Waals surface area contributed by atoms with E-state index < -0.39 is 0 Å². The van der Waals surface area contributed by atoms with Crippen molar-refractivity contribution in [2.75, 3.05) is 20.6 Å². The van der Waals surface area contributed by atoms with E-state index in [2.05, 4.69) is 56.9 Å². The van der Waals surface area contributed by atoms with Crippen LogP contribution >= 0.6 is 0 Å². The van der Waals surface area contributed by atoms with Gasteiger partial charge in [0.15, 0.2) is 0 Å². The molecule has 7 nitrogen and oxygen atoms in total. The van der Waals surface area contributed by atoms with E-state index in [1.54, 1.807) is 10.7 Å². The molecule has 0 aliphatic carbocycles. The fraction of sp³-hybridized carbons (Fsp3) is 0.333. The number of likely N-dealkylation sites (N-methyl/N-ethyl adjacent to an activating group) is 1. The van der Waals surface area contributed by atoms with Gasteiger partial charge in [-0.25, -0.2) is 4.68 Å². The summed E-state index contributed by atoms with van der Waals surface area (Å²) < 4.78 is 1.58. The first-order valence-electron chi connectivity index (χ1n) is 9.37. The Labute approximate surface area is 165 Å². The Morgan fingerprint density at radius 2 is 1.93 bits per heavy atom. The molecule has 0 fully saturated rings. The SMILES string of the molecule is CCc1ccc(C(CNC(=O)c2ccc(-n3cnnn3)c(C)c2)N(C)C)cc1. The maximum atomic E-state index is 12.7.